The molecule has 0 radical (unpaired) electrons. The second kappa shape index (κ2) is 10.2. The highest BCUT2D eigenvalue weighted by Crippen LogP contribution is 2.10. The number of ketones is 1. The van der Waals surface area contributed by atoms with Crippen LogP contribution < -0.4 is 0 Å². The molecule has 0 aromatic heterocycles. The fourth-order valence-electron chi connectivity index (χ4n) is 1.69. The van der Waals surface area contributed by atoms with Gasteiger partial charge in [-0.2, -0.15) is 0 Å². The van der Waals surface area contributed by atoms with E-state index in [1.165, 1.54) is 19.3 Å². The molecule has 0 N–H and O–H groups in total. The van der Waals surface area contributed by atoms with E-state index in [0.717, 1.165) is 19.3 Å². The number of carbonyl (C=O) groups is 1. The van der Waals surface area contributed by atoms with Crippen molar-refractivity contribution in [3.05, 3.63) is 0 Å². The number of unbranched alkanes of at least 4 members (excludes halogenated alkanes) is 3. The van der Waals surface area contributed by atoms with Crippen LogP contribution in [0.4, 0.5) is 0 Å². The summed E-state index contributed by atoms with van der Waals surface area (Å²) in [5, 5.41) is 0. The molecular formula is C13H26O2. The average molecular weight is 214 g/mol. The third-order valence-electron chi connectivity index (χ3n) is 2.55. The molecule has 0 bridgehead atoms. The van der Waals surface area contributed by atoms with Crippen molar-refractivity contribution in [2.75, 3.05) is 6.61 Å². The SMILES string of the molecule is CCCCCCC(=O)C(CCC)OCC. The van der Waals surface area contributed by atoms with Crippen LogP contribution in [0.25, 0.3) is 0 Å². The molecule has 0 rings (SSSR count). The zero-order valence-electron chi connectivity index (χ0n) is 10.6. The number of rotatable bonds is 10. The summed E-state index contributed by atoms with van der Waals surface area (Å²) in [5.41, 5.74) is 0. The second-order valence-electron chi connectivity index (χ2n) is 4.01. The number of hydrogen-bond donors (Lipinski definition) is 0. The molecule has 0 heterocycles. The quantitative estimate of drug-likeness (QED) is 0.518. The van der Waals surface area contributed by atoms with Crippen molar-refractivity contribution in [2.24, 2.45) is 0 Å². The predicted molar refractivity (Wildman–Crippen MR) is 64.1 cm³/mol. The van der Waals surface area contributed by atoms with E-state index in [4.69, 9.17) is 4.74 Å². The van der Waals surface area contributed by atoms with Gasteiger partial charge in [-0.3, -0.25) is 4.79 Å². The van der Waals surface area contributed by atoms with Crippen LogP contribution in [-0.2, 0) is 9.53 Å². The largest absolute Gasteiger partial charge is 0.371 e. The summed E-state index contributed by atoms with van der Waals surface area (Å²) in [5.74, 6) is 0.301. The molecule has 2 heteroatoms. The van der Waals surface area contributed by atoms with Gasteiger partial charge in [0.25, 0.3) is 0 Å². The summed E-state index contributed by atoms with van der Waals surface area (Å²) in [7, 11) is 0. The monoisotopic (exact) mass is 214 g/mol. The molecule has 0 saturated heterocycles. The minimum absolute atomic E-state index is 0.137. The van der Waals surface area contributed by atoms with Crippen LogP contribution in [0, 0.1) is 0 Å². The van der Waals surface area contributed by atoms with E-state index in [-0.39, 0.29) is 6.10 Å². The molecule has 0 amide bonds. The van der Waals surface area contributed by atoms with Gasteiger partial charge in [0.2, 0.25) is 0 Å². The van der Waals surface area contributed by atoms with Gasteiger partial charge in [0, 0.05) is 13.0 Å². The van der Waals surface area contributed by atoms with E-state index in [9.17, 15) is 4.79 Å². The van der Waals surface area contributed by atoms with Crippen LogP contribution >= 0.6 is 0 Å². The first-order valence-electron chi connectivity index (χ1n) is 6.40. The Hall–Kier alpha value is -0.370. The first-order valence-corrected chi connectivity index (χ1v) is 6.40. The van der Waals surface area contributed by atoms with Gasteiger partial charge >= 0.3 is 0 Å². The summed E-state index contributed by atoms with van der Waals surface area (Å²) in [4.78, 5) is 11.8. The minimum atomic E-state index is -0.137. The fourth-order valence-corrected chi connectivity index (χ4v) is 1.69. The van der Waals surface area contributed by atoms with Crippen LogP contribution in [0.5, 0.6) is 0 Å². The van der Waals surface area contributed by atoms with Crippen LogP contribution in [0.15, 0.2) is 0 Å². The molecule has 15 heavy (non-hydrogen) atoms. The van der Waals surface area contributed by atoms with Crippen molar-refractivity contribution in [3.63, 3.8) is 0 Å². The van der Waals surface area contributed by atoms with Gasteiger partial charge in [-0.1, -0.05) is 39.5 Å². The number of Topliss-reactive ketones (excluding diaryl/α,β-unsaturated/α-hetero) is 1. The molecule has 90 valence electrons. The number of carbonyl (C=O) groups excluding carboxylic acids is 1. The van der Waals surface area contributed by atoms with Crippen LogP contribution in [0.2, 0.25) is 0 Å². The zero-order chi connectivity index (χ0) is 11.5. The Morgan fingerprint density at radius 2 is 1.80 bits per heavy atom. The first kappa shape index (κ1) is 14.6. The van der Waals surface area contributed by atoms with Crippen LogP contribution in [0.1, 0.15) is 65.7 Å². The minimum Gasteiger partial charge on any atom is -0.371 e. The van der Waals surface area contributed by atoms with E-state index in [0.29, 0.717) is 18.8 Å². The maximum atomic E-state index is 11.8. The molecule has 1 unspecified atom stereocenters. The molecule has 0 spiro atoms. The lowest BCUT2D eigenvalue weighted by Gasteiger charge is -2.14. The Kier molecular flexibility index (Phi) is 9.91. The first-order chi connectivity index (χ1) is 7.26. The van der Waals surface area contributed by atoms with E-state index in [1.54, 1.807) is 0 Å². The molecular weight excluding hydrogens is 188 g/mol. The highest BCUT2D eigenvalue weighted by molar-refractivity contribution is 5.82. The maximum absolute atomic E-state index is 11.8. The lowest BCUT2D eigenvalue weighted by Crippen LogP contribution is -2.24. The van der Waals surface area contributed by atoms with Gasteiger partial charge in [0.05, 0.1) is 0 Å². The normalized spacial score (nSPS) is 12.7. The van der Waals surface area contributed by atoms with Crippen molar-refractivity contribution >= 4 is 5.78 Å². The summed E-state index contributed by atoms with van der Waals surface area (Å²) in [6.07, 6.45) is 7.11. The predicted octanol–water partition coefficient (Wildman–Crippen LogP) is 3.73. The Bertz CT molecular complexity index is 149. The van der Waals surface area contributed by atoms with Crippen molar-refractivity contribution in [1.29, 1.82) is 0 Å². The summed E-state index contributed by atoms with van der Waals surface area (Å²) >= 11 is 0. The molecule has 0 aliphatic carbocycles. The molecule has 0 saturated carbocycles. The Labute approximate surface area is 94.4 Å². The summed E-state index contributed by atoms with van der Waals surface area (Å²) in [6.45, 7) is 6.87. The van der Waals surface area contributed by atoms with E-state index < -0.39 is 0 Å². The van der Waals surface area contributed by atoms with Gasteiger partial charge in [-0.25, -0.2) is 0 Å². The van der Waals surface area contributed by atoms with Crippen molar-refractivity contribution in [3.8, 4) is 0 Å². The Morgan fingerprint density at radius 1 is 1.07 bits per heavy atom. The standard InChI is InChI=1S/C13H26O2/c1-4-7-8-9-11-12(14)13(10-5-2)15-6-3/h13H,4-11H2,1-3H3. The lowest BCUT2D eigenvalue weighted by molar-refractivity contribution is -0.130. The third kappa shape index (κ3) is 7.55. The summed E-state index contributed by atoms with van der Waals surface area (Å²) in [6, 6.07) is 0. The highest BCUT2D eigenvalue weighted by Gasteiger charge is 2.16. The van der Waals surface area contributed by atoms with Gasteiger partial charge < -0.3 is 4.74 Å². The molecule has 0 aromatic carbocycles. The van der Waals surface area contributed by atoms with Crippen molar-refractivity contribution in [1.82, 2.24) is 0 Å². The topological polar surface area (TPSA) is 26.3 Å². The zero-order valence-corrected chi connectivity index (χ0v) is 10.6. The van der Waals surface area contributed by atoms with Crippen LogP contribution in [-0.4, -0.2) is 18.5 Å². The van der Waals surface area contributed by atoms with Gasteiger partial charge in [0.1, 0.15) is 6.10 Å². The molecule has 0 aliphatic heterocycles. The molecule has 2 nitrogen and oxygen atoms in total. The van der Waals surface area contributed by atoms with Gasteiger partial charge in [0.15, 0.2) is 5.78 Å². The molecule has 0 aromatic rings. The van der Waals surface area contributed by atoms with Crippen molar-refractivity contribution in [2.45, 2.75) is 71.8 Å². The van der Waals surface area contributed by atoms with E-state index in [2.05, 4.69) is 13.8 Å². The van der Waals surface area contributed by atoms with Gasteiger partial charge in [-0.15, -0.1) is 0 Å². The highest BCUT2D eigenvalue weighted by atomic mass is 16.5. The fraction of sp³-hybridized carbons (Fsp3) is 0.923. The number of hydrogen-bond acceptors (Lipinski definition) is 2. The Morgan fingerprint density at radius 3 is 2.33 bits per heavy atom. The summed E-state index contributed by atoms with van der Waals surface area (Å²) < 4.78 is 5.45. The van der Waals surface area contributed by atoms with Crippen LogP contribution in [0.3, 0.4) is 0 Å². The third-order valence-corrected chi connectivity index (χ3v) is 2.55. The van der Waals surface area contributed by atoms with E-state index >= 15 is 0 Å². The molecule has 0 aliphatic rings. The second-order valence-corrected chi connectivity index (χ2v) is 4.01. The average Bonchev–Trinajstić information content (AvgIpc) is 2.24. The smallest absolute Gasteiger partial charge is 0.161 e. The Balaban J connectivity index is 3.70. The number of ether oxygens (including phenoxy) is 1. The van der Waals surface area contributed by atoms with E-state index in [1.807, 2.05) is 6.92 Å². The molecule has 1 atom stereocenters. The maximum Gasteiger partial charge on any atom is 0.161 e. The van der Waals surface area contributed by atoms with Gasteiger partial charge in [-0.05, 0) is 19.8 Å². The van der Waals surface area contributed by atoms with Crippen molar-refractivity contribution < 1.29 is 9.53 Å². The molecule has 0 fully saturated rings. The lowest BCUT2D eigenvalue weighted by atomic mass is 10.0.